The SMILES string of the molecule is CCN(c1ccc(C)cc1)S(=O)(=O)CC1CCCN1. The second kappa shape index (κ2) is 5.92. The molecular formula is C14H22N2O2S. The predicted molar refractivity (Wildman–Crippen MR) is 79.0 cm³/mol. The lowest BCUT2D eigenvalue weighted by Crippen LogP contribution is -2.39. The molecule has 19 heavy (non-hydrogen) atoms. The highest BCUT2D eigenvalue weighted by Crippen LogP contribution is 2.20. The summed E-state index contributed by atoms with van der Waals surface area (Å²) in [6.45, 7) is 5.27. The minimum atomic E-state index is -3.25. The zero-order valence-electron chi connectivity index (χ0n) is 11.6. The van der Waals surface area contributed by atoms with Crippen LogP contribution in [0.2, 0.25) is 0 Å². The lowest BCUT2D eigenvalue weighted by atomic mass is 10.2. The molecule has 5 heteroatoms. The largest absolute Gasteiger partial charge is 0.313 e. The summed E-state index contributed by atoms with van der Waals surface area (Å²) in [5.74, 6) is 0.189. The number of anilines is 1. The number of nitrogens with one attached hydrogen (secondary N) is 1. The fraction of sp³-hybridized carbons (Fsp3) is 0.571. The molecule has 1 saturated heterocycles. The van der Waals surface area contributed by atoms with E-state index in [0.717, 1.165) is 30.6 Å². The Bertz CT molecular complexity index is 505. The normalized spacial score (nSPS) is 19.6. The van der Waals surface area contributed by atoms with E-state index in [4.69, 9.17) is 0 Å². The number of benzene rings is 1. The van der Waals surface area contributed by atoms with Gasteiger partial charge in [0.25, 0.3) is 0 Å². The van der Waals surface area contributed by atoms with Gasteiger partial charge in [0.2, 0.25) is 10.0 Å². The molecule has 1 N–H and O–H groups in total. The van der Waals surface area contributed by atoms with E-state index in [1.807, 2.05) is 38.1 Å². The van der Waals surface area contributed by atoms with Gasteiger partial charge in [0.1, 0.15) is 0 Å². The van der Waals surface area contributed by atoms with Gasteiger partial charge in [-0.2, -0.15) is 0 Å². The van der Waals surface area contributed by atoms with Crippen molar-refractivity contribution in [2.45, 2.75) is 32.7 Å². The number of hydrogen-bond acceptors (Lipinski definition) is 3. The molecule has 1 aliphatic heterocycles. The number of hydrogen-bond donors (Lipinski definition) is 1. The average molecular weight is 282 g/mol. The highest BCUT2D eigenvalue weighted by molar-refractivity contribution is 7.92. The van der Waals surface area contributed by atoms with Crippen molar-refractivity contribution in [1.82, 2.24) is 5.32 Å². The molecule has 4 nitrogen and oxygen atoms in total. The molecule has 0 bridgehead atoms. The third-order valence-electron chi connectivity index (χ3n) is 3.52. The maximum atomic E-state index is 12.5. The predicted octanol–water partition coefficient (Wildman–Crippen LogP) is 1.90. The Morgan fingerprint density at radius 1 is 1.32 bits per heavy atom. The van der Waals surface area contributed by atoms with Crippen LogP contribution in [0.4, 0.5) is 5.69 Å². The minimum Gasteiger partial charge on any atom is -0.313 e. The van der Waals surface area contributed by atoms with E-state index in [-0.39, 0.29) is 11.8 Å². The summed E-state index contributed by atoms with van der Waals surface area (Å²) in [5.41, 5.74) is 1.89. The lowest BCUT2D eigenvalue weighted by Gasteiger charge is -2.24. The van der Waals surface area contributed by atoms with Gasteiger partial charge in [-0.1, -0.05) is 17.7 Å². The zero-order valence-corrected chi connectivity index (χ0v) is 12.4. The van der Waals surface area contributed by atoms with Crippen molar-refractivity contribution in [1.29, 1.82) is 0 Å². The number of nitrogens with zero attached hydrogens (tertiary/aromatic N) is 1. The molecule has 0 aliphatic carbocycles. The van der Waals surface area contributed by atoms with Gasteiger partial charge in [0, 0.05) is 12.6 Å². The second-order valence-electron chi connectivity index (χ2n) is 5.07. The first-order valence-corrected chi connectivity index (χ1v) is 8.44. The van der Waals surface area contributed by atoms with Crippen LogP contribution in [-0.2, 0) is 10.0 Å². The van der Waals surface area contributed by atoms with Gasteiger partial charge in [-0.05, 0) is 45.4 Å². The number of aryl methyl sites for hydroxylation is 1. The molecule has 0 spiro atoms. The fourth-order valence-corrected chi connectivity index (χ4v) is 4.30. The van der Waals surface area contributed by atoms with Crippen molar-refractivity contribution in [2.24, 2.45) is 0 Å². The van der Waals surface area contributed by atoms with Crippen molar-refractivity contribution >= 4 is 15.7 Å². The highest BCUT2D eigenvalue weighted by atomic mass is 32.2. The molecule has 1 aromatic rings. The summed E-state index contributed by atoms with van der Waals surface area (Å²) >= 11 is 0. The zero-order chi connectivity index (χ0) is 13.9. The molecule has 1 heterocycles. The fourth-order valence-electron chi connectivity index (χ4n) is 2.49. The van der Waals surface area contributed by atoms with Crippen LogP contribution in [0, 0.1) is 6.92 Å². The Hall–Kier alpha value is -1.07. The average Bonchev–Trinajstić information content (AvgIpc) is 2.84. The lowest BCUT2D eigenvalue weighted by molar-refractivity contribution is 0.573. The smallest absolute Gasteiger partial charge is 0.236 e. The first kappa shape index (κ1) is 14.3. The van der Waals surface area contributed by atoms with Crippen LogP contribution in [-0.4, -0.2) is 33.3 Å². The summed E-state index contributed by atoms with van der Waals surface area (Å²) in [4.78, 5) is 0. The van der Waals surface area contributed by atoms with Gasteiger partial charge in [-0.25, -0.2) is 8.42 Å². The van der Waals surface area contributed by atoms with Crippen molar-refractivity contribution in [2.75, 3.05) is 23.1 Å². The monoisotopic (exact) mass is 282 g/mol. The van der Waals surface area contributed by atoms with Crippen LogP contribution >= 0.6 is 0 Å². The number of rotatable bonds is 5. The quantitative estimate of drug-likeness (QED) is 0.897. The second-order valence-corrected chi connectivity index (χ2v) is 7.01. The first-order valence-electron chi connectivity index (χ1n) is 6.83. The summed E-state index contributed by atoms with van der Waals surface area (Å²) in [6, 6.07) is 7.74. The Kier molecular flexibility index (Phi) is 4.47. The molecular weight excluding hydrogens is 260 g/mol. The standard InChI is InChI=1S/C14H22N2O2S/c1-3-16(14-8-6-12(2)7-9-14)19(17,18)11-13-5-4-10-15-13/h6-9,13,15H,3-5,10-11H2,1-2H3. The third kappa shape index (κ3) is 3.48. The number of sulfonamides is 1. The summed E-state index contributed by atoms with van der Waals surface area (Å²) < 4.78 is 26.5. The van der Waals surface area contributed by atoms with Crippen LogP contribution in [0.3, 0.4) is 0 Å². The Morgan fingerprint density at radius 3 is 2.53 bits per heavy atom. The van der Waals surface area contributed by atoms with Crippen LogP contribution in [0.1, 0.15) is 25.3 Å². The van der Waals surface area contributed by atoms with Gasteiger partial charge >= 0.3 is 0 Å². The Labute approximate surface area is 115 Å². The molecule has 0 radical (unpaired) electrons. The van der Waals surface area contributed by atoms with Crippen molar-refractivity contribution in [3.8, 4) is 0 Å². The maximum Gasteiger partial charge on any atom is 0.236 e. The van der Waals surface area contributed by atoms with Crippen LogP contribution in [0.5, 0.6) is 0 Å². The molecule has 1 fully saturated rings. The third-order valence-corrected chi connectivity index (χ3v) is 5.48. The van der Waals surface area contributed by atoms with Gasteiger partial charge < -0.3 is 5.32 Å². The summed E-state index contributed by atoms with van der Waals surface area (Å²) in [6.07, 6.45) is 2.02. The molecule has 1 aliphatic rings. The molecule has 2 rings (SSSR count). The Balaban J connectivity index is 2.17. The molecule has 106 valence electrons. The highest BCUT2D eigenvalue weighted by Gasteiger charge is 2.27. The maximum absolute atomic E-state index is 12.5. The van der Waals surface area contributed by atoms with Gasteiger partial charge in [0.15, 0.2) is 0 Å². The van der Waals surface area contributed by atoms with Gasteiger partial charge in [0.05, 0.1) is 11.4 Å². The summed E-state index contributed by atoms with van der Waals surface area (Å²) in [7, 11) is -3.25. The topological polar surface area (TPSA) is 49.4 Å². The van der Waals surface area contributed by atoms with Crippen molar-refractivity contribution in [3.05, 3.63) is 29.8 Å². The molecule has 1 aromatic carbocycles. The minimum absolute atomic E-state index is 0.101. The van der Waals surface area contributed by atoms with E-state index in [1.54, 1.807) is 0 Å². The van der Waals surface area contributed by atoms with E-state index < -0.39 is 10.0 Å². The van der Waals surface area contributed by atoms with Crippen LogP contribution in [0.25, 0.3) is 0 Å². The van der Waals surface area contributed by atoms with Gasteiger partial charge in [-0.3, -0.25) is 4.31 Å². The van der Waals surface area contributed by atoms with Crippen molar-refractivity contribution in [3.63, 3.8) is 0 Å². The molecule has 1 unspecified atom stereocenters. The molecule has 0 saturated carbocycles. The molecule has 1 atom stereocenters. The van der Waals surface area contributed by atoms with E-state index in [9.17, 15) is 8.42 Å². The summed E-state index contributed by atoms with van der Waals surface area (Å²) in [5, 5.41) is 3.25. The van der Waals surface area contributed by atoms with Crippen molar-refractivity contribution < 1.29 is 8.42 Å². The first-order chi connectivity index (χ1) is 9.03. The van der Waals surface area contributed by atoms with E-state index >= 15 is 0 Å². The Morgan fingerprint density at radius 2 is 2.00 bits per heavy atom. The van der Waals surface area contributed by atoms with Gasteiger partial charge in [-0.15, -0.1) is 0 Å². The van der Waals surface area contributed by atoms with E-state index in [0.29, 0.717) is 6.54 Å². The molecule has 0 amide bonds. The van der Waals surface area contributed by atoms with E-state index in [2.05, 4.69) is 5.32 Å². The van der Waals surface area contributed by atoms with E-state index in [1.165, 1.54) is 4.31 Å². The molecule has 0 aromatic heterocycles. The van der Waals surface area contributed by atoms with Crippen LogP contribution in [0.15, 0.2) is 24.3 Å². The van der Waals surface area contributed by atoms with Crippen LogP contribution < -0.4 is 9.62 Å².